The molecule has 1 heterocycles. The summed E-state index contributed by atoms with van der Waals surface area (Å²) in [5, 5.41) is 0. The number of nitrogen functional groups attached to an aromatic ring is 1. The number of hydrogen-bond acceptors (Lipinski definition) is 3. The number of nitrogens with two attached hydrogens (primary N) is 1. The van der Waals surface area contributed by atoms with E-state index in [9.17, 15) is 4.39 Å². The number of nitrogens with zero attached hydrogens (tertiary/aromatic N) is 1. The number of benzene rings is 1. The first-order chi connectivity index (χ1) is 9.63. The van der Waals surface area contributed by atoms with Gasteiger partial charge in [-0.25, -0.2) is 4.39 Å². The lowest BCUT2D eigenvalue weighted by atomic mass is 9.77. The van der Waals surface area contributed by atoms with Crippen molar-refractivity contribution in [1.82, 2.24) is 0 Å². The van der Waals surface area contributed by atoms with Crippen molar-refractivity contribution in [2.45, 2.75) is 38.5 Å². The van der Waals surface area contributed by atoms with Crippen LogP contribution in [0.1, 0.15) is 38.5 Å². The highest BCUT2D eigenvalue weighted by atomic mass is 19.1. The van der Waals surface area contributed by atoms with Gasteiger partial charge in [0.25, 0.3) is 0 Å². The molecule has 2 N–H and O–H groups in total. The molecule has 1 aliphatic heterocycles. The fourth-order valence-electron chi connectivity index (χ4n) is 3.84. The largest absolute Gasteiger partial charge is 0.494 e. The molecule has 3 rings (SSSR count). The molecule has 0 radical (unpaired) electrons. The molecule has 1 aromatic carbocycles. The van der Waals surface area contributed by atoms with Crippen LogP contribution in [0.2, 0.25) is 0 Å². The number of anilines is 2. The molecule has 1 saturated carbocycles. The van der Waals surface area contributed by atoms with Gasteiger partial charge in [-0.15, -0.1) is 0 Å². The second kappa shape index (κ2) is 5.15. The van der Waals surface area contributed by atoms with Crippen molar-refractivity contribution in [2.75, 3.05) is 30.8 Å². The number of ether oxygens (including phenoxy) is 1. The average molecular weight is 278 g/mol. The van der Waals surface area contributed by atoms with E-state index < -0.39 is 5.82 Å². The van der Waals surface area contributed by atoms with Crippen LogP contribution in [-0.2, 0) is 0 Å². The van der Waals surface area contributed by atoms with Crippen LogP contribution < -0.4 is 15.4 Å². The van der Waals surface area contributed by atoms with Gasteiger partial charge in [0, 0.05) is 25.2 Å². The highest BCUT2D eigenvalue weighted by Crippen LogP contribution is 2.47. The summed E-state index contributed by atoms with van der Waals surface area (Å²) in [5.74, 6) is -0.117. The third kappa shape index (κ3) is 2.32. The van der Waals surface area contributed by atoms with Crippen molar-refractivity contribution in [1.29, 1.82) is 0 Å². The van der Waals surface area contributed by atoms with Crippen LogP contribution in [0.4, 0.5) is 15.8 Å². The van der Waals surface area contributed by atoms with Crippen molar-refractivity contribution < 1.29 is 9.13 Å². The van der Waals surface area contributed by atoms with Crippen LogP contribution in [-0.4, -0.2) is 20.2 Å². The maximum atomic E-state index is 13.6. The summed E-state index contributed by atoms with van der Waals surface area (Å²) >= 11 is 0. The van der Waals surface area contributed by atoms with Crippen LogP contribution in [0, 0.1) is 11.2 Å². The predicted octanol–water partition coefficient (Wildman–Crippen LogP) is 3.58. The van der Waals surface area contributed by atoms with Gasteiger partial charge in [0.1, 0.15) is 0 Å². The molecule has 110 valence electrons. The Balaban J connectivity index is 1.77. The zero-order chi connectivity index (χ0) is 14.2. The minimum atomic E-state index is -0.391. The zero-order valence-corrected chi connectivity index (χ0v) is 12.1. The van der Waals surface area contributed by atoms with Gasteiger partial charge in [0.05, 0.1) is 18.5 Å². The van der Waals surface area contributed by atoms with E-state index in [1.807, 2.05) is 0 Å². The highest BCUT2D eigenvalue weighted by molar-refractivity contribution is 5.70. The lowest BCUT2D eigenvalue weighted by molar-refractivity contribution is 0.226. The van der Waals surface area contributed by atoms with Gasteiger partial charge in [0.15, 0.2) is 11.6 Å². The molecule has 0 bridgehead atoms. The molecule has 0 aromatic heterocycles. The molecule has 0 amide bonds. The van der Waals surface area contributed by atoms with Crippen LogP contribution in [0.15, 0.2) is 12.1 Å². The van der Waals surface area contributed by atoms with Crippen molar-refractivity contribution in [3.63, 3.8) is 0 Å². The Morgan fingerprint density at radius 2 is 1.80 bits per heavy atom. The molecular formula is C16H23FN2O. The fourth-order valence-corrected chi connectivity index (χ4v) is 3.84. The summed E-state index contributed by atoms with van der Waals surface area (Å²) < 4.78 is 18.7. The quantitative estimate of drug-likeness (QED) is 0.840. The predicted molar refractivity (Wildman–Crippen MR) is 79.7 cm³/mol. The minimum absolute atomic E-state index is 0.273. The minimum Gasteiger partial charge on any atom is -0.494 e. The zero-order valence-electron chi connectivity index (χ0n) is 12.1. The van der Waals surface area contributed by atoms with Crippen LogP contribution in [0.5, 0.6) is 5.75 Å². The molecule has 20 heavy (non-hydrogen) atoms. The Labute approximate surface area is 119 Å². The van der Waals surface area contributed by atoms with Gasteiger partial charge >= 0.3 is 0 Å². The SMILES string of the molecule is COc1cc(N2CCC3(CCCC3)CC2)c(N)cc1F. The maximum absolute atomic E-state index is 13.6. The first kappa shape index (κ1) is 13.5. The first-order valence-corrected chi connectivity index (χ1v) is 7.52. The Hall–Kier alpha value is -1.45. The van der Waals surface area contributed by atoms with Gasteiger partial charge in [-0.1, -0.05) is 12.8 Å². The monoisotopic (exact) mass is 278 g/mol. The lowest BCUT2D eigenvalue weighted by Crippen LogP contribution is -2.39. The third-order valence-corrected chi connectivity index (χ3v) is 5.13. The standard InChI is InChI=1S/C16H23FN2O/c1-20-15-11-14(13(18)10-12(15)17)19-8-6-16(7-9-19)4-2-3-5-16/h10-11H,2-9,18H2,1H3. The van der Waals surface area contributed by atoms with Gasteiger partial charge < -0.3 is 15.4 Å². The summed E-state index contributed by atoms with van der Waals surface area (Å²) in [6.07, 6.45) is 7.98. The topological polar surface area (TPSA) is 38.5 Å². The molecule has 1 spiro atoms. The summed E-state index contributed by atoms with van der Waals surface area (Å²) in [6.45, 7) is 2.03. The maximum Gasteiger partial charge on any atom is 0.167 e. The Morgan fingerprint density at radius 3 is 2.40 bits per heavy atom. The summed E-state index contributed by atoms with van der Waals surface area (Å²) in [6, 6.07) is 3.10. The van der Waals surface area contributed by atoms with Gasteiger partial charge in [-0.2, -0.15) is 0 Å². The molecule has 0 unspecified atom stereocenters. The van der Waals surface area contributed by atoms with Gasteiger partial charge in [-0.3, -0.25) is 0 Å². The fraction of sp³-hybridized carbons (Fsp3) is 0.625. The Bertz CT molecular complexity index is 487. The van der Waals surface area contributed by atoms with Crippen molar-refractivity contribution in [3.05, 3.63) is 17.9 Å². The molecule has 3 nitrogen and oxygen atoms in total. The molecule has 2 fully saturated rings. The molecule has 1 aliphatic carbocycles. The number of hydrogen-bond donors (Lipinski definition) is 1. The third-order valence-electron chi connectivity index (χ3n) is 5.13. The number of rotatable bonds is 2. The van der Waals surface area contributed by atoms with Crippen LogP contribution in [0.3, 0.4) is 0 Å². The second-order valence-corrected chi connectivity index (χ2v) is 6.24. The summed E-state index contributed by atoms with van der Waals surface area (Å²) in [5.41, 5.74) is 7.98. The normalized spacial score (nSPS) is 21.4. The molecule has 4 heteroatoms. The average Bonchev–Trinajstić information content (AvgIpc) is 2.89. The van der Waals surface area contributed by atoms with E-state index in [0.717, 1.165) is 18.8 Å². The van der Waals surface area contributed by atoms with E-state index in [-0.39, 0.29) is 5.75 Å². The summed E-state index contributed by atoms with van der Waals surface area (Å²) in [4.78, 5) is 2.28. The van der Waals surface area contributed by atoms with Gasteiger partial charge in [-0.05, 0) is 31.1 Å². The summed E-state index contributed by atoms with van der Waals surface area (Å²) in [7, 11) is 1.49. The molecular weight excluding hydrogens is 255 g/mol. The molecule has 1 saturated heterocycles. The van der Waals surface area contributed by atoms with Crippen LogP contribution in [0.25, 0.3) is 0 Å². The van der Waals surface area contributed by atoms with Crippen LogP contribution >= 0.6 is 0 Å². The molecule has 2 aliphatic rings. The number of methoxy groups -OCH3 is 1. The second-order valence-electron chi connectivity index (χ2n) is 6.24. The van der Waals surface area contributed by atoms with E-state index in [2.05, 4.69) is 4.90 Å². The Kier molecular flexibility index (Phi) is 3.48. The number of halogens is 1. The molecule has 1 aromatic rings. The van der Waals surface area contributed by atoms with Gasteiger partial charge in [0.2, 0.25) is 0 Å². The number of piperidine rings is 1. The van der Waals surface area contributed by atoms with E-state index in [1.165, 1.54) is 51.7 Å². The van der Waals surface area contributed by atoms with Crippen molar-refractivity contribution in [3.8, 4) is 5.75 Å². The first-order valence-electron chi connectivity index (χ1n) is 7.52. The van der Waals surface area contributed by atoms with E-state index in [0.29, 0.717) is 11.1 Å². The lowest BCUT2D eigenvalue weighted by Gasteiger charge is -2.41. The molecule has 0 atom stereocenters. The van der Waals surface area contributed by atoms with E-state index in [4.69, 9.17) is 10.5 Å². The van der Waals surface area contributed by atoms with Crippen molar-refractivity contribution >= 4 is 11.4 Å². The Morgan fingerprint density at radius 1 is 1.15 bits per heavy atom. The highest BCUT2D eigenvalue weighted by Gasteiger charge is 2.37. The van der Waals surface area contributed by atoms with E-state index in [1.54, 1.807) is 6.07 Å². The van der Waals surface area contributed by atoms with E-state index >= 15 is 0 Å². The smallest absolute Gasteiger partial charge is 0.167 e. The van der Waals surface area contributed by atoms with Crippen molar-refractivity contribution in [2.24, 2.45) is 5.41 Å².